The first-order valence-electron chi connectivity index (χ1n) is 6.62. The number of aliphatic carboxylic acids is 1. The quantitative estimate of drug-likeness (QED) is 0.843. The van der Waals surface area contributed by atoms with Gasteiger partial charge in [-0.2, -0.15) is 0 Å². The minimum absolute atomic E-state index is 0.0281. The summed E-state index contributed by atoms with van der Waals surface area (Å²) in [5.41, 5.74) is 1.59. The van der Waals surface area contributed by atoms with Crippen LogP contribution in [0.3, 0.4) is 0 Å². The minimum Gasteiger partial charge on any atom is -0.481 e. The predicted molar refractivity (Wildman–Crippen MR) is 76.6 cm³/mol. The van der Waals surface area contributed by atoms with E-state index in [2.05, 4.69) is 37.2 Å². The number of carboxylic acids is 1. The zero-order valence-electron chi connectivity index (χ0n) is 12.1. The Morgan fingerprint density at radius 1 is 1.53 bits per heavy atom. The molecule has 0 unspecified atom stereocenters. The van der Waals surface area contributed by atoms with Crippen molar-refractivity contribution in [3.8, 4) is 0 Å². The predicted octanol–water partition coefficient (Wildman–Crippen LogP) is 3.16. The SMILES string of the molecule is CC1(Cn2c(C(C)(C)C)cnc2SCC(=O)O)CC1. The summed E-state index contributed by atoms with van der Waals surface area (Å²) >= 11 is 1.31. The molecule has 0 amide bonds. The Hall–Kier alpha value is -0.970. The first kappa shape index (κ1) is 14.4. The zero-order valence-corrected chi connectivity index (χ0v) is 12.9. The number of hydrogen-bond donors (Lipinski definition) is 1. The molecule has 19 heavy (non-hydrogen) atoms. The van der Waals surface area contributed by atoms with Crippen molar-refractivity contribution in [1.82, 2.24) is 9.55 Å². The fourth-order valence-electron chi connectivity index (χ4n) is 2.10. The van der Waals surface area contributed by atoms with Gasteiger partial charge in [-0.3, -0.25) is 4.79 Å². The molecule has 0 bridgehead atoms. The first-order valence-corrected chi connectivity index (χ1v) is 7.60. The summed E-state index contributed by atoms with van der Waals surface area (Å²) in [5.74, 6) is -0.730. The average molecular weight is 282 g/mol. The van der Waals surface area contributed by atoms with Crippen LogP contribution in [0.2, 0.25) is 0 Å². The lowest BCUT2D eigenvalue weighted by Crippen LogP contribution is -2.21. The fraction of sp³-hybridized carbons (Fsp3) is 0.714. The second-order valence-electron chi connectivity index (χ2n) is 6.76. The van der Waals surface area contributed by atoms with E-state index in [1.54, 1.807) is 0 Å². The summed E-state index contributed by atoms with van der Waals surface area (Å²) in [6, 6.07) is 0. The lowest BCUT2D eigenvalue weighted by Gasteiger charge is -2.23. The van der Waals surface area contributed by atoms with Gasteiger partial charge in [0.15, 0.2) is 5.16 Å². The van der Waals surface area contributed by atoms with Crippen molar-refractivity contribution in [2.75, 3.05) is 5.75 Å². The van der Waals surface area contributed by atoms with Crippen LogP contribution in [0.1, 0.15) is 46.2 Å². The maximum Gasteiger partial charge on any atom is 0.313 e. The van der Waals surface area contributed by atoms with Gasteiger partial charge in [0.2, 0.25) is 0 Å². The number of rotatable bonds is 5. The Bertz CT molecular complexity index is 484. The number of hydrogen-bond acceptors (Lipinski definition) is 3. The molecule has 1 aromatic rings. The highest BCUT2D eigenvalue weighted by Gasteiger charge is 2.39. The summed E-state index contributed by atoms with van der Waals surface area (Å²) in [7, 11) is 0. The van der Waals surface area contributed by atoms with Crippen LogP contribution in [0.4, 0.5) is 0 Å². The molecule has 1 N–H and O–H groups in total. The van der Waals surface area contributed by atoms with Crippen LogP contribution in [0.15, 0.2) is 11.4 Å². The molecule has 0 aromatic carbocycles. The molecule has 106 valence electrons. The van der Waals surface area contributed by atoms with E-state index < -0.39 is 5.97 Å². The molecule has 1 saturated carbocycles. The molecule has 1 fully saturated rings. The third-order valence-corrected chi connectivity index (χ3v) is 4.53. The van der Waals surface area contributed by atoms with E-state index in [0.717, 1.165) is 11.7 Å². The monoisotopic (exact) mass is 282 g/mol. The number of aromatic nitrogens is 2. The zero-order chi connectivity index (χ0) is 14.3. The largest absolute Gasteiger partial charge is 0.481 e. The highest BCUT2D eigenvalue weighted by Crippen LogP contribution is 2.47. The van der Waals surface area contributed by atoms with Gasteiger partial charge in [-0.25, -0.2) is 4.98 Å². The number of carboxylic acid groups (broad SMARTS) is 1. The summed E-state index contributed by atoms with van der Waals surface area (Å²) in [4.78, 5) is 15.2. The molecule has 4 nitrogen and oxygen atoms in total. The minimum atomic E-state index is -0.797. The van der Waals surface area contributed by atoms with Crippen LogP contribution in [-0.4, -0.2) is 26.4 Å². The lowest BCUT2D eigenvalue weighted by molar-refractivity contribution is -0.133. The molecule has 1 heterocycles. The maximum absolute atomic E-state index is 10.7. The molecule has 0 atom stereocenters. The van der Waals surface area contributed by atoms with Crippen LogP contribution in [-0.2, 0) is 16.8 Å². The molecule has 2 rings (SSSR count). The second-order valence-corrected chi connectivity index (χ2v) is 7.70. The van der Waals surface area contributed by atoms with Crippen LogP contribution < -0.4 is 0 Å². The third kappa shape index (κ3) is 3.53. The summed E-state index contributed by atoms with van der Waals surface area (Å²) in [6.45, 7) is 9.73. The summed E-state index contributed by atoms with van der Waals surface area (Å²) < 4.78 is 2.22. The molecule has 5 heteroatoms. The van der Waals surface area contributed by atoms with E-state index >= 15 is 0 Å². The van der Waals surface area contributed by atoms with Gasteiger partial charge in [0.25, 0.3) is 0 Å². The molecule has 0 radical (unpaired) electrons. The summed E-state index contributed by atoms with van der Waals surface area (Å²) in [6.07, 6.45) is 4.39. The van der Waals surface area contributed by atoms with Crippen molar-refractivity contribution in [3.63, 3.8) is 0 Å². The maximum atomic E-state index is 10.7. The molecule has 0 spiro atoms. The average Bonchev–Trinajstić information content (AvgIpc) is 2.85. The molecule has 0 saturated heterocycles. The number of thioether (sulfide) groups is 1. The molecular formula is C14H22N2O2S. The molecular weight excluding hydrogens is 260 g/mol. The normalized spacial score (nSPS) is 17.5. The molecule has 1 aliphatic carbocycles. The standard InChI is InChI=1S/C14H22N2O2S/c1-13(2,3)10-7-15-12(19-8-11(17)18)16(10)9-14(4)5-6-14/h7H,5-6,8-9H2,1-4H3,(H,17,18). The Morgan fingerprint density at radius 2 is 2.16 bits per heavy atom. The lowest BCUT2D eigenvalue weighted by atomic mass is 9.92. The van der Waals surface area contributed by atoms with E-state index in [1.165, 1.54) is 30.3 Å². The van der Waals surface area contributed by atoms with Crippen molar-refractivity contribution in [3.05, 3.63) is 11.9 Å². The number of carbonyl (C=O) groups is 1. The Labute approximate surface area is 118 Å². The van der Waals surface area contributed by atoms with Gasteiger partial charge in [-0.1, -0.05) is 39.5 Å². The van der Waals surface area contributed by atoms with Gasteiger partial charge in [-0.15, -0.1) is 0 Å². The van der Waals surface area contributed by atoms with Crippen molar-refractivity contribution >= 4 is 17.7 Å². The van der Waals surface area contributed by atoms with Crippen molar-refractivity contribution in [1.29, 1.82) is 0 Å². The van der Waals surface area contributed by atoms with E-state index in [4.69, 9.17) is 5.11 Å². The molecule has 1 aromatic heterocycles. The smallest absolute Gasteiger partial charge is 0.313 e. The third-order valence-electron chi connectivity index (χ3n) is 3.56. The fourth-order valence-corrected chi connectivity index (χ4v) is 2.80. The number of nitrogens with zero attached hydrogens (tertiary/aromatic N) is 2. The Kier molecular flexibility index (Phi) is 3.69. The molecule has 0 aliphatic heterocycles. The first-order chi connectivity index (χ1) is 8.71. The van der Waals surface area contributed by atoms with E-state index in [1.807, 2.05) is 6.20 Å². The van der Waals surface area contributed by atoms with Gasteiger partial charge >= 0.3 is 5.97 Å². The second kappa shape index (κ2) is 4.85. The van der Waals surface area contributed by atoms with E-state index in [9.17, 15) is 4.79 Å². The highest BCUT2D eigenvalue weighted by molar-refractivity contribution is 7.99. The highest BCUT2D eigenvalue weighted by atomic mass is 32.2. The van der Waals surface area contributed by atoms with Crippen molar-refractivity contribution in [2.45, 2.75) is 57.7 Å². The van der Waals surface area contributed by atoms with Crippen molar-refractivity contribution in [2.24, 2.45) is 5.41 Å². The van der Waals surface area contributed by atoms with E-state index in [-0.39, 0.29) is 11.2 Å². The number of imidazole rings is 1. The van der Waals surface area contributed by atoms with Gasteiger partial charge in [0, 0.05) is 23.9 Å². The van der Waals surface area contributed by atoms with Crippen LogP contribution in [0.25, 0.3) is 0 Å². The van der Waals surface area contributed by atoms with Crippen molar-refractivity contribution < 1.29 is 9.90 Å². The topological polar surface area (TPSA) is 55.1 Å². The Morgan fingerprint density at radius 3 is 2.63 bits per heavy atom. The van der Waals surface area contributed by atoms with Gasteiger partial charge in [-0.05, 0) is 18.3 Å². The van der Waals surface area contributed by atoms with Crippen LogP contribution in [0.5, 0.6) is 0 Å². The summed E-state index contributed by atoms with van der Waals surface area (Å²) in [5, 5.41) is 9.65. The van der Waals surface area contributed by atoms with Gasteiger partial charge < -0.3 is 9.67 Å². The van der Waals surface area contributed by atoms with Gasteiger partial charge in [0.1, 0.15) is 0 Å². The van der Waals surface area contributed by atoms with Crippen LogP contribution in [0, 0.1) is 5.41 Å². The van der Waals surface area contributed by atoms with E-state index in [0.29, 0.717) is 5.41 Å². The Balaban J connectivity index is 2.27. The van der Waals surface area contributed by atoms with Crippen LogP contribution >= 0.6 is 11.8 Å². The van der Waals surface area contributed by atoms with Gasteiger partial charge in [0.05, 0.1) is 5.75 Å². The molecule has 1 aliphatic rings.